The number of fused-ring (bicyclic) bond motifs is 1. The van der Waals surface area contributed by atoms with Crippen LogP contribution in [0, 0.1) is 6.92 Å². The number of rotatable bonds is 12. The zero-order valence-electron chi connectivity index (χ0n) is 26.0. The van der Waals surface area contributed by atoms with Crippen LogP contribution in [0.2, 0.25) is 5.02 Å². The number of halogens is 1. The van der Waals surface area contributed by atoms with Gasteiger partial charge in [0, 0.05) is 44.7 Å². The van der Waals surface area contributed by atoms with Crippen molar-refractivity contribution in [2.45, 2.75) is 19.4 Å². The number of para-hydroxylation sites is 1. The number of anilines is 1. The van der Waals surface area contributed by atoms with Crippen LogP contribution in [0.25, 0.3) is 32.0 Å². The number of aromatic nitrogens is 2. The fraction of sp³-hybridized carbons (Fsp3) is 0.324. The van der Waals surface area contributed by atoms with Crippen LogP contribution in [0.1, 0.15) is 11.1 Å². The molecule has 1 saturated heterocycles. The van der Waals surface area contributed by atoms with Gasteiger partial charge in [-0.2, -0.15) is 0 Å². The minimum Gasteiger partial charge on any atom is -0.496 e. The average molecular weight is 662 g/mol. The molecule has 6 rings (SSSR count). The van der Waals surface area contributed by atoms with Crippen LogP contribution in [0.15, 0.2) is 65.5 Å². The summed E-state index contributed by atoms with van der Waals surface area (Å²) in [6.45, 7) is 7.46. The molecule has 5 aromatic rings. The van der Waals surface area contributed by atoms with Gasteiger partial charge in [-0.05, 0) is 54.9 Å². The summed E-state index contributed by atoms with van der Waals surface area (Å²) in [7, 11) is 3.71. The normalized spacial score (nSPS) is 14.8. The molecule has 0 saturated carbocycles. The summed E-state index contributed by atoms with van der Waals surface area (Å²) in [5, 5.41) is 14.7. The quantitative estimate of drug-likeness (QED) is 0.157. The number of ether oxygens (including phenoxy) is 2. The van der Waals surface area contributed by atoms with E-state index in [0.29, 0.717) is 44.9 Å². The summed E-state index contributed by atoms with van der Waals surface area (Å²) in [5.41, 5.74) is 3.25. The number of hydrogen-bond acceptors (Lipinski definition) is 10. The summed E-state index contributed by atoms with van der Waals surface area (Å²) in [6.07, 6.45) is 3.25. The number of methoxy groups -OCH3 is 1. The van der Waals surface area contributed by atoms with Crippen molar-refractivity contribution in [3.63, 3.8) is 0 Å². The molecule has 2 aromatic carbocycles. The summed E-state index contributed by atoms with van der Waals surface area (Å²) >= 11 is 8.42. The SMILES string of the molecule is COc1ccccc1C[C@@H](Nc1ncnc2sc(-c3ccco3)c(-c3ccc(OCCN4CCN(C)CC4)c(Cl)c3C)c12)C(=O)O. The van der Waals surface area contributed by atoms with Crippen molar-refractivity contribution in [2.24, 2.45) is 0 Å². The van der Waals surface area contributed by atoms with Gasteiger partial charge in [-0.25, -0.2) is 14.8 Å². The summed E-state index contributed by atoms with van der Waals surface area (Å²) < 4.78 is 17.5. The Morgan fingerprint density at radius 3 is 2.65 bits per heavy atom. The van der Waals surface area contributed by atoms with E-state index in [0.717, 1.165) is 59.9 Å². The number of nitrogens with one attached hydrogen (secondary N) is 1. The Bertz CT molecular complexity index is 1820. The zero-order valence-corrected chi connectivity index (χ0v) is 27.5. The Kier molecular flexibility index (Phi) is 9.74. The molecule has 0 radical (unpaired) electrons. The van der Waals surface area contributed by atoms with Gasteiger partial charge in [-0.3, -0.25) is 4.90 Å². The lowest BCUT2D eigenvalue weighted by molar-refractivity contribution is -0.137. The molecule has 2 N–H and O–H groups in total. The summed E-state index contributed by atoms with van der Waals surface area (Å²) in [5.74, 6) is 1.29. The van der Waals surface area contributed by atoms with Gasteiger partial charge < -0.3 is 29.2 Å². The van der Waals surface area contributed by atoms with Gasteiger partial charge in [-0.1, -0.05) is 35.9 Å². The highest BCUT2D eigenvalue weighted by Gasteiger charge is 2.27. The molecule has 0 bridgehead atoms. The van der Waals surface area contributed by atoms with Crippen LogP contribution in [-0.4, -0.2) is 90.4 Å². The Labute approximate surface area is 276 Å². The second-order valence-corrected chi connectivity index (χ2v) is 12.7. The smallest absolute Gasteiger partial charge is 0.326 e. The van der Waals surface area contributed by atoms with Crippen LogP contribution in [0.5, 0.6) is 11.5 Å². The van der Waals surface area contributed by atoms with Gasteiger partial charge in [0.05, 0.1) is 28.7 Å². The van der Waals surface area contributed by atoms with Gasteiger partial charge >= 0.3 is 5.97 Å². The van der Waals surface area contributed by atoms with Crippen molar-refractivity contribution in [1.82, 2.24) is 19.8 Å². The van der Waals surface area contributed by atoms with Crippen molar-refractivity contribution in [2.75, 3.05) is 58.8 Å². The van der Waals surface area contributed by atoms with Crippen LogP contribution in [0.3, 0.4) is 0 Å². The minimum atomic E-state index is -1.02. The number of carboxylic acids is 1. The first-order valence-corrected chi connectivity index (χ1v) is 16.3. The lowest BCUT2D eigenvalue weighted by Gasteiger charge is -2.32. The van der Waals surface area contributed by atoms with Crippen molar-refractivity contribution in [1.29, 1.82) is 0 Å². The van der Waals surface area contributed by atoms with E-state index >= 15 is 0 Å². The molecule has 1 aliphatic heterocycles. The highest BCUT2D eigenvalue weighted by molar-refractivity contribution is 7.22. The van der Waals surface area contributed by atoms with E-state index in [1.807, 2.05) is 55.5 Å². The third-order valence-electron chi connectivity index (χ3n) is 8.34. The van der Waals surface area contributed by atoms with Gasteiger partial charge in [0.25, 0.3) is 0 Å². The maximum atomic E-state index is 12.5. The molecule has 10 nitrogen and oxygen atoms in total. The Morgan fingerprint density at radius 1 is 1.11 bits per heavy atom. The minimum absolute atomic E-state index is 0.181. The van der Waals surface area contributed by atoms with E-state index in [1.165, 1.54) is 17.7 Å². The van der Waals surface area contributed by atoms with E-state index in [4.69, 9.17) is 25.5 Å². The van der Waals surface area contributed by atoms with E-state index in [9.17, 15) is 9.90 Å². The maximum Gasteiger partial charge on any atom is 0.326 e. The molecule has 1 aliphatic rings. The molecule has 0 amide bonds. The monoisotopic (exact) mass is 661 g/mol. The molecule has 4 heterocycles. The number of hydrogen-bond donors (Lipinski definition) is 2. The number of carboxylic acid groups (broad SMARTS) is 1. The second-order valence-electron chi connectivity index (χ2n) is 11.3. The summed E-state index contributed by atoms with van der Waals surface area (Å²) in [6, 6.07) is 14.0. The van der Waals surface area contributed by atoms with Gasteiger partial charge in [-0.15, -0.1) is 11.3 Å². The first-order valence-electron chi connectivity index (χ1n) is 15.1. The highest BCUT2D eigenvalue weighted by Crippen LogP contribution is 2.49. The molecule has 1 atom stereocenters. The first-order chi connectivity index (χ1) is 22.3. The number of nitrogens with zero attached hydrogens (tertiary/aromatic N) is 4. The number of piperazine rings is 1. The van der Waals surface area contributed by atoms with Crippen LogP contribution < -0.4 is 14.8 Å². The van der Waals surface area contributed by atoms with Crippen molar-refractivity contribution < 1.29 is 23.8 Å². The average Bonchev–Trinajstić information content (AvgIpc) is 3.73. The lowest BCUT2D eigenvalue weighted by atomic mass is 9.97. The van der Waals surface area contributed by atoms with Gasteiger partial charge in [0.15, 0.2) is 0 Å². The molecule has 0 unspecified atom stereocenters. The predicted octanol–water partition coefficient (Wildman–Crippen LogP) is 6.32. The number of carbonyl (C=O) groups is 1. The van der Waals surface area contributed by atoms with Crippen LogP contribution in [-0.2, 0) is 11.2 Å². The van der Waals surface area contributed by atoms with Crippen molar-refractivity contribution in [3.8, 4) is 33.3 Å². The van der Waals surface area contributed by atoms with E-state index in [1.54, 1.807) is 13.4 Å². The number of furan rings is 1. The van der Waals surface area contributed by atoms with Crippen LogP contribution in [0.4, 0.5) is 5.82 Å². The van der Waals surface area contributed by atoms with E-state index in [2.05, 4.69) is 32.1 Å². The molecule has 12 heteroatoms. The Morgan fingerprint density at radius 2 is 1.91 bits per heavy atom. The molecular formula is C34H36ClN5O5S. The number of likely N-dealkylation sites (N-methyl/N-ethyl adjacent to an activating group) is 1. The third-order valence-corrected chi connectivity index (χ3v) is 9.92. The Hall–Kier alpha value is -4.16. The number of thiophene rings is 1. The largest absolute Gasteiger partial charge is 0.496 e. The Balaban J connectivity index is 1.36. The van der Waals surface area contributed by atoms with Crippen molar-refractivity contribution >= 4 is 44.9 Å². The fourth-order valence-corrected chi connectivity index (χ4v) is 7.08. The van der Waals surface area contributed by atoms with Gasteiger partial charge in [0.1, 0.15) is 46.9 Å². The molecular weight excluding hydrogens is 626 g/mol. The summed E-state index contributed by atoms with van der Waals surface area (Å²) in [4.78, 5) is 27.9. The lowest BCUT2D eigenvalue weighted by Crippen LogP contribution is -2.45. The van der Waals surface area contributed by atoms with Crippen LogP contribution >= 0.6 is 22.9 Å². The van der Waals surface area contributed by atoms with Gasteiger partial charge in [0.2, 0.25) is 0 Å². The third kappa shape index (κ3) is 6.68. The highest BCUT2D eigenvalue weighted by atomic mass is 35.5. The fourth-order valence-electron chi connectivity index (χ4n) is 5.74. The maximum absolute atomic E-state index is 12.5. The van der Waals surface area contributed by atoms with E-state index in [-0.39, 0.29) is 6.42 Å². The zero-order chi connectivity index (χ0) is 32.2. The molecule has 3 aromatic heterocycles. The second kappa shape index (κ2) is 14.1. The predicted molar refractivity (Wildman–Crippen MR) is 181 cm³/mol. The molecule has 240 valence electrons. The van der Waals surface area contributed by atoms with E-state index < -0.39 is 12.0 Å². The topological polar surface area (TPSA) is 113 Å². The number of aliphatic carboxylic acids is 1. The standard InChI is InChI=1S/C34H36ClN5O5S/c1-21-23(10-11-26(30(21)35)45-18-16-40-14-12-39(2)13-15-40)28-29-32(36-20-37-33(29)46-31(28)27-9-6-17-44-27)38-24(34(41)42)19-22-7-4-5-8-25(22)43-3/h4-11,17,20,24H,12-16,18-19H2,1-3H3,(H,41,42)(H,36,37,38)/t24-/m1/s1. The van der Waals surface area contributed by atoms with Crippen molar-refractivity contribution in [3.05, 3.63) is 77.3 Å². The molecule has 0 aliphatic carbocycles. The first kappa shape index (κ1) is 31.8. The molecule has 46 heavy (non-hydrogen) atoms. The molecule has 1 fully saturated rings. The number of benzene rings is 2. The molecule has 0 spiro atoms.